The quantitative estimate of drug-likeness (QED) is 0.624. The highest BCUT2D eigenvalue weighted by atomic mass is 16.5. The number of nitrogens with zero attached hydrogens (tertiary/aromatic N) is 2. The first kappa shape index (κ1) is 18.5. The summed E-state index contributed by atoms with van der Waals surface area (Å²) in [5.41, 5.74) is 2.07. The number of carbonyl (C=O) groups is 2. The number of aryl methyl sites for hydroxylation is 1. The lowest BCUT2D eigenvalue weighted by atomic mass is 9.86. The molecule has 5 heteroatoms. The predicted octanol–water partition coefficient (Wildman–Crippen LogP) is 3.97. The maximum absolute atomic E-state index is 12.4. The largest absolute Gasteiger partial charge is 0.461 e. The van der Waals surface area contributed by atoms with Crippen LogP contribution in [0, 0.1) is 16.7 Å². The average Bonchev–Trinajstić information content (AvgIpc) is 2.90. The highest BCUT2D eigenvalue weighted by Gasteiger charge is 2.25. The molecule has 0 aliphatic heterocycles. The van der Waals surface area contributed by atoms with Crippen LogP contribution in [-0.4, -0.2) is 22.9 Å². The summed E-state index contributed by atoms with van der Waals surface area (Å²) >= 11 is 0. The van der Waals surface area contributed by atoms with E-state index in [-0.39, 0.29) is 12.4 Å². The lowest BCUT2D eigenvalue weighted by Gasteiger charge is -2.16. The van der Waals surface area contributed by atoms with Gasteiger partial charge in [0.15, 0.2) is 5.78 Å². The molecule has 0 atom stereocenters. The normalized spacial score (nSPS) is 11.0. The Hall–Kier alpha value is -2.87. The van der Waals surface area contributed by atoms with Crippen molar-refractivity contribution in [2.24, 2.45) is 12.5 Å². The minimum atomic E-state index is -0.476. The molecule has 2 rings (SSSR count). The van der Waals surface area contributed by atoms with Gasteiger partial charge < -0.3 is 9.30 Å². The SMILES string of the molecule is CCOC(=O)c1c(-c2ccc(C(=O)C(C)(C)C)cc2)c(C#N)cn1C. The zero-order valence-corrected chi connectivity index (χ0v) is 15.2. The van der Waals surface area contributed by atoms with Gasteiger partial charge in [-0.25, -0.2) is 4.79 Å². The average molecular weight is 338 g/mol. The van der Waals surface area contributed by atoms with Crippen LogP contribution in [0.4, 0.5) is 0 Å². The van der Waals surface area contributed by atoms with E-state index in [9.17, 15) is 14.9 Å². The van der Waals surface area contributed by atoms with Crippen molar-refractivity contribution in [3.8, 4) is 17.2 Å². The molecule has 130 valence electrons. The molecule has 0 amide bonds. The van der Waals surface area contributed by atoms with Gasteiger partial charge in [-0.2, -0.15) is 5.26 Å². The summed E-state index contributed by atoms with van der Waals surface area (Å²) in [6.45, 7) is 7.59. The van der Waals surface area contributed by atoms with E-state index in [2.05, 4.69) is 6.07 Å². The molecule has 1 heterocycles. The van der Waals surface area contributed by atoms with Crippen LogP contribution in [0.15, 0.2) is 30.5 Å². The Morgan fingerprint density at radius 3 is 2.28 bits per heavy atom. The van der Waals surface area contributed by atoms with Crippen molar-refractivity contribution >= 4 is 11.8 Å². The van der Waals surface area contributed by atoms with Crippen molar-refractivity contribution in [2.75, 3.05) is 6.61 Å². The molecule has 1 aromatic heterocycles. The van der Waals surface area contributed by atoms with E-state index in [4.69, 9.17) is 4.74 Å². The number of ether oxygens (including phenoxy) is 1. The second-order valence-corrected chi connectivity index (χ2v) is 6.87. The van der Waals surface area contributed by atoms with Crippen LogP contribution < -0.4 is 0 Å². The van der Waals surface area contributed by atoms with Crippen molar-refractivity contribution in [3.05, 3.63) is 47.3 Å². The van der Waals surface area contributed by atoms with Gasteiger partial charge in [-0.05, 0) is 12.5 Å². The van der Waals surface area contributed by atoms with Gasteiger partial charge in [0.2, 0.25) is 0 Å². The Morgan fingerprint density at radius 1 is 1.20 bits per heavy atom. The van der Waals surface area contributed by atoms with Crippen molar-refractivity contribution in [1.29, 1.82) is 5.26 Å². The van der Waals surface area contributed by atoms with Gasteiger partial charge in [0.25, 0.3) is 0 Å². The number of benzene rings is 1. The maximum atomic E-state index is 12.4. The molecule has 0 spiro atoms. The first-order chi connectivity index (χ1) is 11.7. The third-order valence-electron chi connectivity index (χ3n) is 3.89. The number of rotatable bonds is 4. The molecule has 0 radical (unpaired) electrons. The Labute approximate surface area is 147 Å². The van der Waals surface area contributed by atoms with Gasteiger partial charge in [-0.15, -0.1) is 0 Å². The number of carbonyl (C=O) groups excluding carboxylic acids is 2. The van der Waals surface area contributed by atoms with Crippen LogP contribution in [0.25, 0.3) is 11.1 Å². The number of Topliss-reactive ketones (excluding diaryl/α,β-unsaturated/α-hetero) is 1. The molecule has 0 N–H and O–H groups in total. The van der Waals surface area contributed by atoms with Crippen molar-refractivity contribution in [1.82, 2.24) is 4.57 Å². The first-order valence-electron chi connectivity index (χ1n) is 8.12. The Balaban J connectivity index is 2.54. The smallest absolute Gasteiger partial charge is 0.355 e. The van der Waals surface area contributed by atoms with E-state index < -0.39 is 11.4 Å². The number of nitriles is 1. The van der Waals surface area contributed by atoms with Crippen molar-refractivity contribution < 1.29 is 14.3 Å². The van der Waals surface area contributed by atoms with Crippen LogP contribution in [0.5, 0.6) is 0 Å². The third-order valence-corrected chi connectivity index (χ3v) is 3.89. The first-order valence-corrected chi connectivity index (χ1v) is 8.12. The van der Waals surface area contributed by atoms with Crippen LogP contribution in [0.3, 0.4) is 0 Å². The van der Waals surface area contributed by atoms with E-state index in [1.54, 1.807) is 49.0 Å². The third kappa shape index (κ3) is 3.63. The zero-order chi connectivity index (χ0) is 18.8. The highest BCUT2D eigenvalue weighted by molar-refractivity contribution is 6.01. The summed E-state index contributed by atoms with van der Waals surface area (Å²) in [6, 6.07) is 9.10. The molecular formula is C20H22N2O3. The topological polar surface area (TPSA) is 72.1 Å². The number of esters is 1. The molecule has 0 bridgehead atoms. The van der Waals surface area contributed by atoms with Crippen LogP contribution >= 0.6 is 0 Å². The minimum Gasteiger partial charge on any atom is -0.461 e. The summed E-state index contributed by atoms with van der Waals surface area (Å²) in [5.74, 6) is -0.436. The van der Waals surface area contributed by atoms with Gasteiger partial charge in [-0.1, -0.05) is 45.0 Å². The Morgan fingerprint density at radius 2 is 1.80 bits per heavy atom. The fourth-order valence-corrected chi connectivity index (χ4v) is 2.67. The summed E-state index contributed by atoms with van der Waals surface area (Å²) < 4.78 is 6.71. The molecule has 0 fully saturated rings. The molecule has 2 aromatic rings. The van der Waals surface area contributed by atoms with Gasteiger partial charge in [0.05, 0.1) is 12.2 Å². The molecule has 0 unspecified atom stereocenters. The number of aromatic nitrogens is 1. The van der Waals surface area contributed by atoms with E-state index in [1.165, 1.54) is 0 Å². The summed E-state index contributed by atoms with van der Waals surface area (Å²) in [7, 11) is 1.70. The van der Waals surface area contributed by atoms with Gasteiger partial charge in [-0.3, -0.25) is 4.79 Å². The second kappa shape index (κ2) is 6.94. The molecule has 1 aromatic carbocycles. The molecule has 0 saturated heterocycles. The Kier molecular flexibility index (Phi) is 5.13. The lowest BCUT2D eigenvalue weighted by molar-refractivity contribution is 0.0516. The zero-order valence-electron chi connectivity index (χ0n) is 15.2. The molecular weight excluding hydrogens is 316 g/mol. The van der Waals surface area contributed by atoms with Gasteiger partial charge >= 0.3 is 5.97 Å². The highest BCUT2D eigenvalue weighted by Crippen LogP contribution is 2.31. The predicted molar refractivity (Wildman–Crippen MR) is 95.3 cm³/mol. The Bertz CT molecular complexity index is 847. The fourth-order valence-electron chi connectivity index (χ4n) is 2.67. The van der Waals surface area contributed by atoms with E-state index >= 15 is 0 Å². The van der Waals surface area contributed by atoms with Gasteiger partial charge in [0.1, 0.15) is 11.8 Å². The van der Waals surface area contributed by atoms with E-state index in [0.29, 0.717) is 27.9 Å². The van der Waals surface area contributed by atoms with Crippen LogP contribution in [-0.2, 0) is 11.8 Å². The van der Waals surface area contributed by atoms with E-state index in [0.717, 1.165) is 0 Å². The van der Waals surface area contributed by atoms with Gasteiger partial charge in [0, 0.05) is 29.8 Å². The monoisotopic (exact) mass is 338 g/mol. The standard InChI is InChI=1S/C20H22N2O3/c1-6-25-19(24)17-16(15(11-21)12-22(17)5)13-7-9-14(10-8-13)18(23)20(2,3)4/h7-10,12H,6H2,1-5H3. The number of ketones is 1. The molecule has 0 aliphatic rings. The molecule has 0 aliphatic carbocycles. The molecule has 0 saturated carbocycles. The molecule has 25 heavy (non-hydrogen) atoms. The summed E-state index contributed by atoms with van der Waals surface area (Å²) in [5, 5.41) is 9.41. The number of hydrogen-bond donors (Lipinski definition) is 0. The maximum Gasteiger partial charge on any atom is 0.355 e. The van der Waals surface area contributed by atoms with E-state index in [1.807, 2.05) is 20.8 Å². The minimum absolute atomic E-state index is 0.0400. The summed E-state index contributed by atoms with van der Waals surface area (Å²) in [4.78, 5) is 24.7. The lowest BCUT2D eigenvalue weighted by Crippen LogP contribution is -2.20. The fraction of sp³-hybridized carbons (Fsp3) is 0.350. The van der Waals surface area contributed by atoms with Crippen molar-refractivity contribution in [3.63, 3.8) is 0 Å². The summed E-state index contributed by atoms with van der Waals surface area (Å²) in [6.07, 6.45) is 1.61. The van der Waals surface area contributed by atoms with Crippen LogP contribution in [0.1, 0.15) is 54.1 Å². The second-order valence-electron chi connectivity index (χ2n) is 6.87. The molecule has 5 nitrogen and oxygen atoms in total. The number of hydrogen-bond acceptors (Lipinski definition) is 4. The van der Waals surface area contributed by atoms with Crippen LogP contribution in [0.2, 0.25) is 0 Å². The van der Waals surface area contributed by atoms with Crippen molar-refractivity contribution in [2.45, 2.75) is 27.7 Å².